The molecular formula is C25H31NO4. The molecule has 0 saturated carbocycles. The molecule has 1 fully saturated rings. The summed E-state index contributed by atoms with van der Waals surface area (Å²) in [5.74, 6) is 2.61. The van der Waals surface area contributed by atoms with Crippen molar-refractivity contribution in [2.24, 2.45) is 5.41 Å². The summed E-state index contributed by atoms with van der Waals surface area (Å²) in [5, 5.41) is 10.3. The molecular weight excluding hydrogens is 378 g/mol. The van der Waals surface area contributed by atoms with Gasteiger partial charge in [0.25, 0.3) is 0 Å². The molecule has 0 bridgehead atoms. The van der Waals surface area contributed by atoms with Crippen LogP contribution < -0.4 is 14.2 Å². The smallest absolute Gasteiger partial charge is 0.127 e. The molecule has 2 aliphatic heterocycles. The molecule has 0 radical (unpaired) electrons. The van der Waals surface area contributed by atoms with Crippen molar-refractivity contribution in [2.45, 2.75) is 19.3 Å². The summed E-state index contributed by atoms with van der Waals surface area (Å²) in [6.45, 7) is 3.58. The van der Waals surface area contributed by atoms with E-state index in [9.17, 15) is 5.11 Å². The van der Waals surface area contributed by atoms with Gasteiger partial charge >= 0.3 is 0 Å². The maximum Gasteiger partial charge on any atom is 0.127 e. The Morgan fingerprint density at radius 1 is 1.10 bits per heavy atom. The van der Waals surface area contributed by atoms with Gasteiger partial charge in [-0.05, 0) is 73.4 Å². The van der Waals surface area contributed by atoms with Gasteiger partial charge in [-0.15, -0.1) is 0 Å². The second kappa shape index (κ2) is 9.11. The molecule has 0 amide bonds. The molecule has 2 aromatic rings. The Morgan fingerprint density at radius 3 is 2.73 bits per heavy atom. The van der Waals surface area contributed by atoms with Crippen LogP contribution in [0.15, 0.2) is 48.0 Å². The molecule has 5 nitrogen and oxygen atoms in total. The minimum absolute atomic E-state index is 0.123. The van der Waals surface area contributed by atoms with E-state index in [1.54, 1.807) is 14.2 Å². The lowest BCUT2D eigenvalue weighted by Crippen LogP contribution is -2.47. The number of likely N-dealkylation sites (tertiary alicyclic amines) is 1. The fraction of sp³-hybridized carbons (Fsp3) is 0.440. The number of fused-ring (bicyclic) bond motifs is 1. The van der Waals surface area contributed by atoms with Crippen molar-refractivity contribution in [2.75, 3.05) is 47.1 Å². The quantitative estimate of drug-likeness (QED) is 0.754. The third-order valence-corrected chi connectivity index (χ3v) is 6.21. The molecule has 2 aromatic carbocycles. The van der Waals surface area contributed by atoms with Crippen molar-refractivity contribution < 1.29 is 19.3 Å². The van der Waals surface area contributed by atoms with Crippen LogP contribution in [-0.2, 0) is 6.42 Å². The van der Waals surface area contributed by atoms with Crippen LogP contribution in [0.1, 0.15) is 24.0 Å². The first-order valence-corrected chi connectivity index (χ1v) is 10.6. The van der Waals surface area contributed by atoms with E-state index in [-0.39, 0.29) is 12.0 Å². The Bertz CT molecular complexity index is 910. The molecule has 0 aliphatic carbocycles. The van der Waals surface area contributed by atoms with Gasteiger partial charge in [-0.3, -0.25) is 4.90 Å². The second-order valence-corrected chi connectivity index (χ2v) is 8.50. The lowest BCUT2D eigenvalue weighted by Gasteiger charge is -2.42. The summed E-state index contributed by atoms with van der Waals surface area (Å²) < 4.78 is 16.7. The lowest BCUT2D eigenvalue weighted by molar-refractivity contribution is 0.0356. The minimum Gasteiger partial charge on any atom is -0.497 e. The van der Waals surface area contributed by atoms with Crippen LogP contribution in [0.5, 0.6) is 17.2 Å². The number of piperidine rings is 1. The van der Waals surface area contributed by atoms with Gasteiger partial charge in [0.15, 0.2) is 0 Å². The van der Waals surface area contributed by atoms with Crippen LogP contribution in [0.4, 0.5) is 0 Å². The largest absolute Gasteiger partial charge is 0.497 e. The van der Waals surface area contributed by atoms with Gasteiger partial charge < -0.3 is 19.3 Å². The van der Waals surface area contributed by atoms with Crippen molar-refractivity contribution in [3.63, 3.8) is 0 Å². The first-order valence-electron chi connectivity index (χ1n) is 10.6. The van der Waals surface area contributed by atoms with E-state index in [0.717, 1.165) is 61.7 Å². The topological polar surface area (TPSA) is 51.2 Å². The maximum absolute atomic E-state index is 10.3. The Balaban J connectivity index is 1.47. The van der Waals surface area contributed by atoms with Crippen molar-refractivity contribution in [3.8, 4) is 17.2 Å². The Hall–Kier alpha value is -2.50. The minimum atomic E-state index is -0.123. The third-order valence-electron chi connectivity index (χ3n) is 6.21. The highest BCUT2D eigenvalue weighted by Gasteiger charge is 2.35. The molecule has 2 aliphatic rings. The van der Waals surface area contributed by atoms with Crippen LogP contribution in [-0.4, -0.2) is 57.1 Å². The normalized spacial score (nSPS) is 21.4. The van der Waals surface area contributed by atoms with Crippen LogP contribution in [0, 0.1) is 5.41 Å². The number of hydrogen-bond acceptors (Lipinski definition) is 5. The Labute approximate surface area is 178 Å². The molecule has 1 atom stereocenters. The van der Waals surface area contributed by atoms with Gasteiger partial charge in [0.2, 0.25) is 0 Å². The van der Waals surface area contributed by atoms with Crippen molar-refractivity contribution in [3.05, 3.63) is 59.2 Å². The number of rotatable bonds is 7. The highest BCUT2D eigenvalue weighted by atomic mass is 16.5. The van der Waals surface area contributed by atoms with Crippen LogP contribution >= 0.6 is 0 Å². The molecule has 0 aromatic heterocycles. The Kier molecular flexibility index (Phi) is 6.30. The second-order valence-electron chi connectivity index (χ2n) is 8.50. The zero-order valence-electron chi connectivity index (χ0n) is 17.9. The van der Waals surface area contributed by atoms with Gasteiger partial charge in [-0.25, -0.2) is 0 Å². The highest BCUT2D eigenvalue weighted by molar-refractivity contribution is 5.64. The number of benzene rings is 2. The Morgan fingerprint density at radius 2 is 1.93 bits per heavy atom. The number of aliphatic hydroxyl groups excluding tert-OH is 1. The summed E-state index contributed by atoms with van der Waals surface area (Å²) in [6, 6.07) is 14.1. The van der Waals surface area contributed by atoms with E-state index >= 15 is 0 Å². The van der Waals surface area contributed by atoms with Gasteiger partial charge in [0.05, 0.1) is 20.8 Å². The summed E-state index contributed by atoms with van der Waals surface area (Å²) in [4.78, 5) is 2.46. The van der Waals surface area contributed by atoms with Crippen molar-refractivity contribution in [1.82, 2.24) is 4.90 Å². The summed E-state index contributed by atoms with van der Waals surface area (Å²) in [7, 11) is 3.37. The first kappa shape index (κ1) is 20.8. The van der Waals surface area contributed by atoms with E-state index in [4.69, 9.17) is 14.2 Å². The monoisotopic (exact) mass is 409 g/mol. The molecule has 0 unspecified atom stereocenters. The van der Waals surface area contributed by atoms with Crippen molar-refractivity contribution >= 4 is 6.08 Å². The molecule has 160 valence electrons. The molecule has 0 spiro atoms. The lowest BCUT2D eigenvalue weighted by atomic mass is 9.75. The maximum atomic E-state index is 10.3. The summed E-state index contributed by atoms with van der Waals surface area (Å²) in [5.41, 5.74) is 3.41. The summed E-state index contributed by atoms with van der Waals surface area (Å²) >= 11 is 0. The molecule has 5 heteroatoms. The van der Waals surface area contributed by atoms with E-state index in [1.807, 2.05) is 30.3 Å². The van der Waals surface area contributed by atoms with Crippen LogP contribution in [0.2, 0.25) is 0 Å². The zero-order chi connectivity index (χ0) is 21.0. The predicted octanol–water partition coefficient (Wildman–Crippen LogP) is 3.80. The van der Waals surface area contributed by atoms with Crippen molar-refractivity contribution in [1.29, 1.82) is 0 Å². The number of hydrogen-bond donors (Lipinski definition) is 1. The molecule has 1 N–H and O–H groups in total. The molecule has 30 heavy (non-hydrogen) atoms. The van der Waals surface area contributed by atoms with E-state index in [1.165, 1.54) is 11.1 Å². The average molecular weight is 410 g/mol. The first-order chi connectivity index (χ1) is 14.6. The SMILES string of the molecule is COc1cccc(C[C@@]2(CO)CCCN(CC3=Cc4cc(OC)ccc4OC3)C2)c1. The predicted molar refractivity (Wildman–Crippen MR) is 118 cm³/mol. The zero-order valence-corrected chi connectivity index (χ0v) is 17.9. The van der Waals surface area contributed by atoms with Gasteiger partial charge in [-0.2, -0.15) is 0 Å². The highest BCUT2D eigenvalue weighted by Crippen LogP contribution is 2.35. The van der Waals surface area contributed by atoms with Gasteiger partial charge in [0.1, 0.15) is 23.9 Å². The number of ether oxygens (including phenoxy) is 3. The number of nitrogens with zero attached hydrogens (tertiary/aromatic N) is 1. The van der Waals surface area contributed by atoms with E-state index < -0.39 is 0 Å². The standard InChI is InChI=1S/C25H31NO4/c1-28-22-6-3-5-19(12-22)14-25(18-27)9-4-10-26(17-25)15-20-11-21-13-23(29-2)7-8-24(21)30-16-20/h3,5-8,11-13,27H,4,9-10,14-18H2,1-2H3/t25-/m0/s1. The van der Waals surface area contributed by atoms with Gasteiger partial charge in [-0.1, -0.05) is 12.1 Å². The average Bonchev–Trinajstić information content (AvgIpc) is 2.79. The van der Waals surface area contributed by atoms with E-state index in [0.29, 0.717) is 6.61 Å². The fourth-order valence-electron chi connectivity index (χ4n) is 4.70. The number of methoxy groups -OCH3 is 2. The molecule has 1 saturated heterocycles. The fourth-order valence-corrected chi connectivity index (χ4v) is 4.70. The number of aliphatic hydroxyl groups is 1. The third kappa shape index (κ3) is 4.63. The summed E-state index contributed by atoms with van der Waals surface area (Å²) in [6.07, 6.45) is 5.20. The van der Waals surface area contributed by atoms with E-state index in [2.05, 4.69) is 23.1 Å². The van der Waals surface area contributed by atoms with Gasteiger partial charge in [0, 0.05) is 24.1 Å². The van der Waals surface area contributed by atoms with Crippen LogP contribution in [0.3, 0.4) is 0 Å². The molecule has 4 rings (SSSR count). The van der Waals surface area contributed by atoms with Crippen LogP contribution in [0.25, 0.3) is 6.08 Å². The molecule has 2 heterocycles.